The number of aromatic nitrogens is 2. The number of hydrogen-bond donors (Lipinski definition) is 0. The van der Waals surface area contributed by atoms with Crippen molar-refractivity contribution in [2.24, 2.45) is 0 Å². The van der Waals surface area contributed by atoms with Gasteiger partial charge in [-0.2, -0.15) is 4.37 Å². The van der Waals surface area contributed by atoms with Gasteiger partial charge in [-0.15, -0.1) is 0 Å². The summed E-state index contributed by atoms with van der Waals surface area (Å²) < 4.78 is 35.5. The van der Waals surface area contributed by atoms with E-state index in [4.69, 9.17) is 4.74 Å². The van der Waals surface area contributed by atoms with Gasteiger partial charge in [0.25, 0.3) is 5.91 Å². The van der Waals surface area contributed by atoms with Crippen molar-refractivity contribution in [1.82, 2.24) is 14.3 Å². The number of amides is 1. The largest absolute Gasteiger partial charge is 0.377 e. The van der Waals surface area contributed by atoms with Crippen LogP contribution in [0, 0.1) is 11.6 Å². The van der Waals surface area contributed by atoms with Crippen molar-refractivity contribution in [2.45, 2.75) is 6.61 Å². The van der Waals surface area contributed by atoms with E-state index >= 15 is 0 Å². The van der Waals surface area contributed by atoms with E-state index in [1.807, 2.05) is 4.90 Å². The maximum Gasteiger partial charge on any atom is 0.254 e. The van der Waals surface area contributed by atoms with Crippen LogP contribution in [0.2, 0.25) is 0 Å². The molecular weight excluding hydrogens is 338 g/mol. The van der Waals surface area contributed by atoms with Crippen LogP contribution >= 0.6 is 11.5 Å². The molecular formula is C15H16F2N4O2S. The number of benzene rings is 1. The quantitative estimate of drug-likeness (QED) is 0.840. The molecule has 0 bridgehead atoms. The molecule has 128 valence electrons. The number of nitrogens with zero attached hydrogens (tertiary/aromatic N) is 4. The molecule has 2 heterocycles. The highest BCUT2D eigenvalue weighted by atomic mass is 32.1. The molecule has 0 aliphatic carbocycles. The van der Waals surface area contributed by atoms with Gasteiger partial charge in [-0.25, -0.2) is 13.8 Å². The minimum Gasteiger partial charge on any atom is -0.377 e. The standard InChI is InChI=1S/C15H16F2N4O2S/c1-23-9-13-18-15(24-19-13)21-6-4-20(5-7-21)14(22)10-2-3-11(16)12(17)8-10/h2-3,8H,4-7,9H2,1H3. The molecule has 3 rings (SSSR count). The average molecular weight is 354 g/mol. The molecule has 1 aliphatic rings. The van der Waals surface area contributed by atoms with Crippen molar-refractivity contribution in [3.8, 4) is 0 Å². The predicted molar refractivity (Wildman–Crippen MR) is 85.1 cm³/mol. The number of anilines is 1. The topological polar surface area (TPSA) is 58.6 Å². The zero-order chi connectivity index (χ0) is 17.1. The molecule has 6 nitrogen and oxygen atoms in total. The van der Waals surface area contributed by atoms with E-state index < -0.39 is 11.6 Å². The molecule has 0 N–H and O–H groups in total. The Morgan fingerprint density at radius 3 is 2.67 bits per heavy atom. The van der Waals surface area contributed by atoms with Crippen molar-refractivity contribution in [3.05, 3.63) is 41.2 Å². The highest BCUT2D eigenvalue weighted by Gasteiger charge is 2.24. The van der Waals surface area contributed by atoms with Crippen LogP contribution in [0.4, 0.5) is 13.9 Å². The molecule has 9 heteroatoms. The number of rotatable bonds is 4. The maximum absolute atomic E-state index is 13.3. The summed E-state index contributed by atoms with van der Waals surface area (Å²) in [5.41, 5.74) is 0.153. The SMILES string of the molecule is COCc1nsc(N2CCN(C(=O)c3ccc(F)c(F)c3)CC2)n1. The average Bonchev–Trinajstić information content (AvgIpc) is 3.06. The Bertz CT molecular complexity index is 732. The first kappa shape index (κ1) is 16.7. The molecule has 1 aromatic heterocycles. The van der Waals surface area contributed by atoms with Crippen molar-refractivity contribution in [1.29, 1.82) is 0 Å². The number of halogens is 2. The van der Waals surface area contributed by atoms with Gasteiger partial charge in [-0.05, 0) is 18.2 Å². The fourth-order valence-electron chi connectivity index (χ4n) is 2.47. The molecule has 2 aromatic rings. The molecule has 1 fully saturated rings. The Hall–Kier alpha value is -2.13. The molecule has 0 atom stereocenters. The number of methoxy groups -OCH3 is 1. The third-order valence-corrected chi connectivity index (χ3v) is 4.55. The summed E-state index contributed by atoms with van der Waals surface area (Å²) in [5.74, 6) is -1.64. The number of carbonyl (C=O) groups excluding carboxylic acids is 1. The first-order chi connectivity index (χ1) is 11.6. The maximum atomic E-state index is 13.3. The molecule has 0 spiro atoms. The number of ether oxygens (including phenoxy) is 1. The second-order valence-electron chi connectivity index (χ2n) is 5.33. The van der Waals surface area contributed by atoms with Crippen LogP contribution < -0.4 is 4.90 Å². The molecule has 1 saturated heterocycles. The Labute approximate surface area is 141 Å². The Kier molecular flexibility index (Phi) is 5.00. The number of piperazine rings is 1. The summed E-state index contributed by atoms with van der Waals surface area (Å²) in [4.78, 5) is 20.4. The van der Waals surface area contributed by atoms with E-state index in [9.17, 15) is 13.6 Å². The van der Waals surface area contributed by atoms with E-state index in [-0.39, 0.29) is 11.5 Å². The minimum absolute atomic E-state index is 0.153. The van der Waals surface area contributed by atoms with Crippen molar-refractivity contribution in [2.75, 3.05) is 38.2 Å². The third kappa shape index (κ3) is 3.51. The van der Waals surface area contributed by atoms with Gasteiger partial charge < -0.3 is 14.5 Å². The highest BCUT2D eigenvalue weighted by molar-refractivity contribution is 7.09. The molecule has 0 saturated carbocycles. The Morgan fingerprint density at radius 1 is 1.25 bits per heavy atom. The van der Waals surface area contributed by atoms with Crippen molar-refractivity contribution < 1.29 is 18.3 Å². The second-order valence-corrected chi connectivity index (χ2v) is 6.06. The van der Waals surface area contributed by atoms with E-state index in [1.54, 1.807) is 12.0 Å². The molecule has 1 amide bonds. The van der Waals surface area contributed by atoms with Gasteiger partial charge in [-0.1, -0.05) is 0 Å². The second kappa shape index (κ2) is 7.18. The van der Waals surface area contributed by atoms with Gasteiger partial charge in [0, 0.05) is 50.4 Å². The fraction of sp³-hybridized carbons (Fsp3) is 0.400. The van der Waals surface area contributed by atoms with Crippen LogP contribution in [0.3, 0.4) is 0 Å². The van der Waals surface area contributed by atoms with Crippen LogP contribution in [-0.2, 0) is 11.3 Å². The molecule has 0 unspecified atom stereocenters. The van der Waals surface area contributed by atoms with E-state index in [0.29, 0.717) is 38.6 Å². The van der Waals surface area contributed by atoms with Crippen LogP contribution in [0.5, 0.6) is 0 Å². The lowest BCUT2D eigenvalue weighted by molar-refractivity contribution is 0.0746. The monoisotopic (exact) mass is 354 g/mol. The summed E-state index contributed by atoms with van der Waals surface area (Å²) in [7, 11) is 1.59. The number of hydrogen-bond acceptors (Lipinski definition) is 6. The first-order valence-electron chi connectivity index (χ1n) is 7.39. The Morgan fingerprint density at radius 2 is 2.00 bits per heavy atom. The van der Waals surface area contributed by atoms with Crippen LogP contribution in [0.1, 0.15) is 16.2 Å². The smallest absolute Gasteiger partial charge is 0.254 e. The molecule has 1 aliphatic heterocycles. The van der Waals surface area contributed by atoms with E-state index in [1.165, 1.54) is 17.6 Å². The van der Waals surface area contributed by atoms with Gasteiger partial charge >= 0.3 is 0 Å². The normalized spacial score (nSPS) is 15.0. The summed E-state index contributed by atoms with van der Waals surface area (Å²) in [5, 5.41) is 0.793. The number of carbonyl (C=O) groups is 1. The van der Waals surface area contributed by atoms with Gasteiger partial charge in [0.15, 0.2) is 17.5 Å². The minimum atomic E-state index is -1.01. The van der Waals surface area contributed by atoms with Gasteiger partial charge in [-0.3, -0.25) is 4.79 Å². The Balaban J connectivity index is 1.61. The third-order valence-electron chi connectivity index (χ3n) is 3.73. The van der Waals surface area contributed by atoms with Gasteiger partial charge in [0.1, 0.15) is 6.61 Å². The zero-order valence-corrected chi connectivity index (χ0v) is 13.9. The molecule has 0 radical (unpaired) electrons. The highest BCUT2D eigenvalue weighted by Crippen LogP contribution is 2.20. The lowest BCUT2D eigenvalue weighted by Gasteiger charge is -2.34. The first-order valence-corrected chi connectivity index (χ1v) is 8.16. The van der Waals surface area contributed by atoms with Gasteiger partial charge in [0.05, 0.1) is 0 Å². The summed E-state index contributed by atoms with van der Waals surface area (Å²) >= 11 is 1.30. The lowest BCUT2D eigenvalue weighted by Crippen LogP contribution is -2.48. The molecule has 1 aromatic carbocycles. The zero-order valence-electron chi connectivity index (χ0n) is 13.0. The van der Waals surface area contributed by atoms with E-state index in [0.717, 1.165) is 17.3 Å². The van der Waals surface area contributed by atoms with Crippen molar-refractivity contribution >= 4 is 22.6 Å². The van der Waals surface area contributed by atoms with Crippen LogP contribution in [0.15, 0.2) is 18.2 Å². The fourth-order valence-corrected chi connectivity index (χ4v) is 3.20. The van der Waals surface area contributed by atoms with E-state index in [2.05, 4.69) is 9.36 Å². The van der Waals surface area contributed by atoms with Crippen LogP contribution in [-0.4, -0.2) is 53.5 Å². The lowest BCUT2D eigenvalue weighted by atomic mass is 10.1. The summed E-state index contributed by atoms with van der Waals surface area (Å²) in [6, 6.07) is 3.21. The van der Waals surface area contributed by atoms with Gasteiger partial charge in [0.2, 0.25) is 5.13 Å². The van der Waals surface area contributed by atoms with Crippen LogP contribution in [0.25, 0.3) is 0 Å². The summed E-state index contributed by atoms with van der Waals surface area (Å²) in [6.45, 7) is 2.55. The van der Waals surface area contributed by atoms with Crippen molar-refractivity contribution in [3.63, 3.8) is 0 Å². The summed E-state index contributed by atoms with van der Waals surface area (Å²) in [6.07, 6.45) is 0. The molecule has 24 heavy (non-hydrogen) atoms. The predicted octanol–water partition coefficient (Wildman–Crippen LogP) is 1.93.